The lowest BCUT2D eigenvalue weighted by atomic mass is 9.81. The van der Waals surface area contributed by atoms with Crippen molar-refractivity contribution in [3.8, 4) is 0 Å². The summed E-state index contributed by atoms with van der Waals surface area (Å²) in [5.74, 6) is 0.986. The van der Waals surface area contributed by atoms with Crippen molar-refractivity contribution < 1.29 is 4.79 Å². The fourth-order valence-corrected chi connectivity index (χ4v) is 4.26. The van der Waals surface area contributed by atoms with Crippen molar-refractivity contribution in [1.82, 2.24) is 20.7 Å². The summed E-state index contributed by atoms with van der Waals surface area (Å²) in [5, 5.41) is 0. The molecular formula is C21H26N4O. The minimum atomic E-state index is 0.0978. The van der Waals surface area contributed by atoms with Crippen LogP contribution in [-0.2, 0) is 0 Å². The predicted octanol–water partition coefficient (Wildman–Crippen LogP) is 2.50. The number of aromatic nitrogens is 1. The second-order valence-electron chi connectivity index (χ2n) is 7.46. The fraction of sp³-hybridized carbons (Fsp3) is 0.429. The van der Waals surface area contributed by atoms with Crippen LogP contribution >= 0.6 is 0 Å². The van der Waals surface area contributed by atoms with Gasteiger partial charge in [0.25, 0.3) is 5.91 Å². The van der Waals surface area contributed by atoms with Crippen LogP contribution < -0.4 is 10.9 Å². The Bertz CT molecular complexity index is 746. The number of aryl methyl sites for hydroxylation is 1. The van der Waals surface area contributed by atoms with Crippen LogP contribution in [0.25, 0.3) is 0 Å². The first-order valence-corrected chi connectivity index (χ1v) is 9.46. The Kier molecular flexibility index (Phi) is 5.00. The molecule has 1 amide bonds. The number of amides is 1. The molecule has 4 rings (SSSR count). The van der Waals surface area contributed by atoms with Crippen molar-refractivity contribution in [3.05, 3.63) is 65.5 Å². The molecule has 1 aromatic carbocycles. The Hall–Kier alpha value is -2.24. The molecule has 0 radical (unpaired) electrons. The molecule has 2 saturated heterocycles. The quantitative estimate of drug-likeness (QED) is 0.893. The Morgan fingerprint density at radius 3 is 2.85 bits per heavy atom. The zero-order valence-corrected chi connectivity index (χ0v) is 15.2. The second-order valence-corrected chi connectivity index (χ2v) is 7.46. The number of benzene rings is 1. The number of carbonyl (C=O) groups excluding carboxylic acids is 1. The van der Waals surface area contributed by atoms with Crippen molar-refractivity contribution in [3.63, 3.8) is 0 Å². The van der Waals surface area contributed by atoms with Gasteiger partial charge in [0.05, 0.1) is 5.56 Å². The molecule has 3 atom stereocenters. The van der Waals surface area contributed by atoms with Crippen LogP contribution in [0.5, 0.6) is 0 Å². The third-order valence-corrected chi connectivity index (χ3v) is 5.69. The average Bonchev–Trinajstić information content (AvgIpc) is 3.19. The number of nitrogens with zero attached hydrogens (tertiary/aromatic N) is 2. The Morgan fingerprint density at radius 1 is 1.23 bits per heavy atom. The predicted molar refractivity (Wildman–Crippen MR) is 102 cm³/mol. The Balaban J connectivity index is 1.48. The number of pyridine rings is 1. The summed E-state index contributed by atoms with van der Waals surface area (Å²) in [7, 11) is 0. The summed E-state index contributed by atoms with van der Waals surface area (Å²) in [6, 6.07) is 12.9. The van der Waals surface area contributed by atoms with E-state index in [0.717, 1.165) is 32.5 Å². The molecule has 136 valence electrons. The largest absolute Gasteiger partial charge is 0.338 e. The minimum absolute atomic E-state index is 0.0978. The first-order valence-electron chi connectivity index (χ1n) is 9.46. The van der Waals surface area contributed by atoms with Crippen LogP contribution in [0.4, 0.5) is 0 Å². The van der Waals surface area contributed by atoms with Crippen LogP contribution in [0.2, 0.25) is 0 Å². The van der Waals surface area contributed by atoms with E-state index in [1.807, 2.05) is 17.0 Å². The summed E-state index contributed by atoms with van der Waals surface area (Å²) in [4.78, 5) is 18.9. The zero-order valence-electron chi connectivity index (χ0n) is 15.2. The zero-order chi connectivity index (χ0) is 17.9. The minimum Gasteiger partial charge on any atom is -0.338 e. The highest BCUT2D eigenvalue weighted by Crippen LogP contribution is 2.32. The SMILES string of the molecule is Cc1ccc(C2CNNC2C2CCCN(C(=O)c3cccnc3)C2)cc1. The summed E-state index contributed by atoms with van der Waals surface area (Å²) in [6.07, 6.45) is 5.57. The van der Waals surface area contributed by atoms with E-state index in [4.69, 9.17) is 0 Å². The molecule has 26 heavy (non-hydrogen) atoms. The molecule has 0 bridgehead atoms. The van der Waals surface area contributed by atoms with Gasteiger partial charge in [-0.1, -0.05) is 29.8 Å². The van der Waals surface area contributed by atoms with E-state index in [1.54, 1.807) is 12.4 Å². The van der Waals surface area contributed by atoms with E-state index in [-0.39, 0.29) is 5.91 Å². The fourth-order valence-electron chi connectivity index (χ4n) is 4.26. The lowest BCUT2D eigenvalue weighted by Gasteiger charge is -2.37. The highest BCUT2D eigenvalue weighted by molar-refractivity contribution is 5.93. The van der Waals surface area contributed by atoms with Gasteiger partial charge in [-0.15, -0.1) is 0 Å². The van der Waals surface area contributed by atoms with E-state index in [1.165, 1.54) is 11.1 Å². The van der Waals surface area contributed by atoms with Crippen molar-refractivity contribution in [2.75, 3.05) is 19.6 Å². The summed E-state index contributed by atoms with van der Waals surface area (Å²) in [5.41, 5.74) is 10.2. The van der Waals surface area contributed by atoms with Gasteiger partial charge in [0.1, 0.15) is 0 Å². The molecule has 2 N–H and O–H groups in total. The van der Waals surface area contributed by atoms with Crippen molar-refractivity contribution in [1.29, 1.82) is 0 Å². The number of likely N-dealkylation sites (tertiary alicyclic amines) is 1. The molecule has 5 heteroatoms. The van der Waals surface area contributed by atoms with Gasteiger partial charge in [-0.3, -0.25) is 20.6 Å². The van der Waals surface area contributed by atoms with Crippen LogP contribution in [0, 0.1) is 12.8 Å². The molecule has 1 aromatic heterocycles. The molecule has 3 unspecified atom stereocenters. The molecule has 2 aromatic rings. The molecule has 5 nitrogen and oxygen atoms in total. The third kappa shape index (κ3) is 3.50. The molecule has 2 aliphatic heterocycles. The highest BCUT2D eigenvalue weighted by Gasteiger charge is 2.37. The second kappa shape index (κ2) is 7.56. The molecule has 2 fully saturated rings. The van der Waals surface area contributed by atoms with Gasteiger partial charge in [-0.2, -0.15) is 0 Å². The van der Waals surface area contributed by atoms with Crippen LogP contribution in [0.3, 0.4) is 0 Å². The smallest absolute Gasteiger partial charge is 0.255 e. The lowest BCUT2D eigenvalue weighted by Crippen LogP contribution is -2.48. The maximum Gasteiger partial charge on any atom is 0.255 e. The van der Waals surface area contributed by atoms with E-state index < -0.39 is 0 Å². The van der Waals surface area contributed by atoms with Crippen molar-refractivity contribution in [2.45, 2.75) is 31.7 Å². The number of piperidine rings is 1. The molecule has 2 aliphatic rings. The number of carbonyl (C=O) groups is 1. The van der Waals surface area contributed by atoms with E-state index in [9.17, 15) is 4.79 Å². The first-order chi connectivity index (χ1) is 12.7. The number of rotatable bonds is 3. The van der Waals surface area contributed by atoms with Crippen molar-refractivity contribution >= 4 is 5.91 Å². The van der Waals surface area contributed by atoms with Crippen LogP contribution in [0.15, 0.2) is 48.8 Å². The number of hydrogen-bond donors (Lipinski definition) is 2. The van der Waals surface area contributed by atoms with E-state index >= 15 is 0 Å². The first kappa shape index (κ1) is 17.2. The monoisotopic (exact) mass is 350 g/mol. The third-order valence-electron chi connectivity index (χ3n) is 5.69. The van der Waals surface area contributed by atoms with Crippen LogP contribution in [-0.4, -0.2) is 41.5 Å². The van der Waals surface area contributed by atoms with Gasteiger partial charge in [0.2, 0.25) is 0 Å². The topological polar surface area (TPSA) is 57.3 Å². The van der Waals surface area contributed by atoms with Gasteiger partial charge in [-0.05, 0) is 43.4 Å². The van der Waals surface area contributed by atoms with E-state index in [2.05, 4.69) is 47.0 Å². The maximum atomic E-state index is 12.8. The molecule has 0 saturated carbocycles. The molecular weight excluding hydrogens is 324 g/mol. The normalized spacial score (nSPS) is 26.0. The summed E-state index contributed by atoms with van der Waals surface area (Å²) in [6.45, 7) is 4.69. The Labute approximate surface area is 154 Å². The maximum absolute atomic E-state index is 12.8. The molecule has 0 spiro atoms. The average molecular weight is 350 g/mol. The number of nitrogens with one attached hydrogen (secondary N) is 2. The number of hydrazine groups is 1. The van der Waals surface area contributed by atoms with Gasteiger partial charge >= 0.3 is 0 Å². The summed E-state index contributed by atoms with van der Waals surface area (Å²) < 4.78 is 0. The highest BCUT2D eigenvalue weighted by atomic mass is 16.2. The number of hydrogen-bond acceptors (Lipinski definition) is 4. The van der Waals surface area contributed by atoms with Crippen LogP contribution in [0.1, 0.15) is 40.2 Å². The van der Waals surface area contributed by atoms with Gasteiger partial charge in [0.15, 0.2) is 0 Å². The van der Waals surface area contributed by atoms with Gasteiger partial charge in [-0.25, -0.2) is 0 Å². The van der Waals surface area contributed by atoms with E-state index in [0.29, 0.717) is 23.4 Å². The van der Waals surface area contributed by atoms with Crippen molar-refractivity contribution in [2.24, 2.45) is 5.92 Å². The van der Waals surface area contributed by atoms with Gasteiger partial charge < -0.3 is 4.90 Å². The molecule has 3 heterocycles. The Morgan fingerprint density at radius 2 is 2.08 bits per heavy atom. The lowest BCUT2D eigenvalue weighted by molar-refractivity contribution is 0.0644. The van der Waals surface area contributed by atoms with Gasteiger partial charge in [0, 0.05) is 44.0 Å². The summed E-state index contributed by atoms with van der Waals surface area (Å²) >= 11 is 0. The molecule has 0 aliphatic carbocycles. The standard InChI is InChI=1S/C21H26N4O/c1-15-6-8-16(9-7-15)19-13-23-24-20(19)18-5-3-11-25(14-18)21(26)17-4-2-10-22-12-17/h2,4,6-10,12,18-20,23-24H,3,5,11,13-14H2,1H3.